The Labute approximate surface area is 103 Å². The topological polar surface area (TPSA) is 26.3 Å². The zero-order valence-corrected chi connectivity index (χ0v) is 10.4. The van der Waals surface area contributed by atoms with E-state index >= 15 is 0 Å². The van der Waals surface area contributed by atoms with E-state index in [2.05, 4.69) is 0 Å². The highest BCUT2D eigenvalue weighted by Crippen LogP contribution is 2.26. The number of hydrogen-bond acceptors (Lipinski definition) is 2. The minimum Gasteiger partial charge on any atom is -0.451 e. The van der Waals surface area contributed by atoms with Crippen molar-refractivity contribution in [1.29, 1.82) is 0 Å². The SMILES string of the molecule is O=C(OP)C(c1ccccc1)c1ccccc1. The molecule has 0 aromatic heterocycles. The van der Waals surface area contributed by atoms with Gasteiger partial charge in [0.1, 0.15) is 5.92 Å². The number of carbonyl (C=O) groups is 1. The van der Waals surface area contributed by atoms with Gasteiger partial charge in [0.2, 0.25) is 0 Å². The molecule has 0 aliphatic carbocycles. The molecule has 0 fully saturated rings. The van der Waals surface area contributed by atoms with Crippen molar-refractivity contribution in [3.05, 3.63) is 71.8 Å². The first-order valence-corrected chi connectivity index (χ1v) is 5.80. The Morgan fingerprint density at radius 3 is 1.65 bits per heavy atom. The lowest BCUT2D eigenvalue weighted by molar-refractivity contribution is -0.133. The Morgan fingerprint density at radius 1 is 0.882 bits per heavy atom. The molecule has 1 atom stereocenters. The second-order valence-corrected chi connectivity index (χ2v) is 3.93. The fourth-order valence-corrected chi connectivity index (χ4v) is 1.96. The Hall–Kier alpha value is -1.66. The van der Waals surface area contributed by atoms with Gasteiger partial charge in [0.05, 0.1) is 9.47 Å². The van der Waals surface area contributed by atoms with Gasteiger partial charge in [-0.15, -0.1) is 0 Å². The van der Waals surface area contributed by atoms with Crippen molar-refractivity contribution in [3.8, 4) is 0 Å². The van der Waals surface area contributed by atoms with Gasteiger partial charge in [-0.3, -0.25) is 4.79 Å². The van der Waals surface area contributed by atoms with Gasteiger partial charge in [-0.2, -0.15) is 0 Å². The van der Waals surface area contributed by atoms with Gasteiger partial charge in [-0.1, -0.05) is 60.7 Å². The molecule has 2 nitrogen and oxygen atoms in total. The summed E-state index contributed by atoms with van der Waals surface area (Å²) < 4.78 is 4.80. The molecule has 0 aliphatic heterocycles. The van der Waals surface area contributed by atoms with E-state index in [1.807, 2.05) is 70.1 Å². The fourth-order valence-electron chi connectivity index (χ4n) is 1.82. The molecule has 2 aromatic carbocycles. The summed E-state index contributed by atoms with van der Waals surface area (Å²) in [5, 5.41) is 0. The smallest absolute Gasteiger partial charge is 0.320 e. The molecular formula is C14H13O2P. The third-order valence-electron chi connectivity index (χ3n) is 2.62. The summed E-state index contributed by atoms with van der Waals surface area (Å²) in [5.74, 6) is -0.637. The van der Waals surface area contributed by atoms with E-state index in [0.717, 1.165) is 11.1 Å². The summed E-state index contributed by atoms with van der Waals surface area (Å²) >= 11 is 0. The highest BCUT2D eigenvalue weighted by Gasteiger charge is 2.22. The minimum atomic E-state index is -0.366. The molecular weight excluding hydrogens is 231 g/mol. The first-order valence-electron chi connectivity index (χ1n) is 5.33. The summed E-state index contributed by atoms with van der Waals surface area (Å²) in [7, 11) is 2.01. The third-order valence-corrected chi connectivity index (χ3v) is 2.85. The molecule has 0 spiro atoms. The van der Waals surface area contributed by atoms with Gasteiger partial charge < -0.3 is 4.52 Å². The molecule has 0 bridgehead atoms. The van der Waals surface area contributed by atoms with Crippen LogP contribution in [0.1, 0.15) is 17.0 Å². The van der Waals surface area contributed by atoms with Gasteiger partial charge in [0, 0.05) is 0 Å². The molecule has 0 amide bonds. The molecule has 2 rings (SSSR count). The lowest BCUT2D eigenvalue weighted by atomic mass is 9.92. The normalized spacial score (nSPS) is 10.2. The van der Waals surface area contributed by atoms with Crippen LogP contribution in [0.4, 0.5) is 0 Å². The summed E-state index contributed by atoms with van der Waals surface area (Å²) in [6.45, 7) is 0. The first-order chi connectivity index (χ1) is 8.33. The van der Waals surface area contributed by atoms with E-state index in [1.54, 1.807) is 0 Å². The van der Waals surface area contributed by atoms with Crippen molar-refractivity contribution in [2.75, 3.05) is 0 Å². The van der Waals surface area contributed by atoms with Gasteiger partial charge in [-0.25, -0.2) is 0 Å². The molecule has 0 N–H and O–H groups in total. The highest BCUT2D eigenvalue weighted by molar-refractivity contribution is 7.10. The number of carbonyl (C=O) groups excluding carboxylic acids is 1. The molecule has 1 unspecified atom stereocenters. The van der Waals surface area contributed by atoms with Crippen LogP contribution in [0.5, 0.6) is 0 Å². The maximum absolute atomic E-state index is 11.9. The standard InChI is InChI=1S/C14H13O2P/c15-14(16-17)13(11-7-3-1-4-8-11)12-9-5-2-6-10-12/h1-10,13H,17H2. The highest BCUT2D eigenvalue weighted by atomic mass is 31.0. The maximum atomic E-state index is 11.9. The lowest BCUT2D eigenvalue weighted by Gasteiger charge is -2.15. The number of rotatable bonds is 3. The molecule has 0 radical (unpaired) electrons. The van der Waals surface area contributed by atoms with Gasteiger partial charge in [0.15, 0.2) is 0 Å². The van der Waals surface area contributed by atoms with Crippen LogP contribution in [-0.4, -0.2) is 5.97 Å². The van der Waals surface area contributed by atoms with E-state index in [-0.39, 0.29) is 11.9 Å². The summed E-state index contributed by atoms with van der Waals surface area (Å²) in [6, 6.07) is 19.2. The fraction of sp³-hybridized carbons (Fsp3) is 0.0714. The summed E-state index contributed by atoms with van der Waals surface area (Å²) in [5.41, 5.74) is 1.87. The van der Waals surface area contributed by atoms with E-state index < -0.39 is 0 Å². The van der Waals surface area contributed by atoms with Crippen molar-refractivity contribution in [1.82, 2.24) is 0 Å². The number of benzene rings is 2. The maximum Gasteiger partial charge on any atom is 0.320 e. The van der Waals surface area contributed by atoms with Crippen LogP contribution in [0, 0.1) is 0 Å². The van der Waals surface area contributed by atoms with Crippen LogP contribution >= 0.6 is 9.47 Å². The second kappa shape index (κ2) is 5.60. The molecule has 0 saturated heterocycles. The second-order valence-electron chi connectivity index (χ2n) is 3.69. The van der Waals surface area contributed by atoms with Crippen LogP contribution in [0.15, 0.2) is 60.7 Å². The van der Waals surface area contributed by atoms with Crippen molar-refractivity contribution in [2.24, 2.45) is 0 Å². The summed E-state index contributed by atoms with van der Waals surface area (Å²) in [6.07, 6.45) is 0. The zero-order valence-electron chi connectivity index (χ0n) is 9.24. The zero-order chi connectivity index (χ0) is 12.1. The first kappa shape index (κ1) is 11.8. The third kappa shape index (κ3) is 2.72. The Balaban J connectivity index is 2.43. The molecule has 86 valence electrons. The van der Waals surface area contributed by atoms with Crippen molar-refractivity contribution >= 4 is 15.4 Å². The van der Waals surface area contributed by atoms with Crippen LogP contribution in [0.3, 0.4) is 0 Å². The predicted octanol–water partition coefficient (Wildman–Crippen LogP) is 3.15. The van der Waals surface area contributed by atoms with Crippen LogP contribution in [0.25, 0.3) is 0 Å². The number of hydrogen-bond donors (Lipinski definition) is 0. The van der Waals surface area contributed by atoms with Gasteiger partial charge in [0.25, 0.3) is 0 Å². The van der Waals surface area contributed by atoms with Crippen LogP contribution in [-0.2, 0) is 9.32 Å². The Morgan fingerprint density at radius 2 is 1.29 bits per heavy atom. The van der Waals surface area contributed by atoms with Crippen LogP contribution in [0.2, 0.25) is 0 Å². The van der Waals surface area contributed by atoms with Gasteiger partial charge >= 0.3 is 5.97 Å². The molecule has 3 heteroatoms. The molecule has 17 heavy (non-hydrogen) atoms. The molecule has 0 aliphatic rings. The van der Waals surface area contributed by atoms with Gasteiger partial charge in [-0.05, 0) is 11.1 Å². The van der Waals surface area contributed by atoms with Crippen molar-refractivity contribution < 1.29 is 9.32 Å². The van der Waals surface area contributed by atoms with Crippen LogP contribution < -0.4 is 0 Å². The van der Waals surface area contributed by atoms with E-state index in [0.29, 0.717) is 0 Å². The Kier molecular flexibility index (Phi) is 3.89. The van der Waals surface area contributed by atoms with Crippen molar-refractivity contribution in [3.63, 3.8) is 0 Å². The van der Waals surface area contributed by atoms with E-state index in [4.69, 9.17) is 4.52 Å². The molecule has 2 aromatic rings. The van der Waals surface area contributed by atoms with E-state index in [1.165, 1.54) is 0 Å². The molecule has 0 saturated carbocycles. The minimum absolute atomic E-state index is 0.271. The largest absolute Gasteiger partial charge is 0.451 e. The molecule has 0 heterocycles. The van der Waals surface area contributed by atoms with Crippen molar-refractivity contribution in [2.45, 2.75) is 5.92 Å². The van der Waals surface area contributed by atoms with E-state index in [9.17, 15) is 4.79 Å². The quantitative estimate of drug-likeness (QED) is 0.775. The monoisotopic (exact) mass is 244 g/mol. The average Bonchev–Trinajstić information content (AvgIpc) is 2.41. The lowest BCUT2D eigenvalue weighted by Crippen LogP contribution is -2.13. The average molecular weight is 244 g/mol. The Bertz CT molecular complexity index is 443. The summed E-state index contributed by atoms with van der Waals surface area (Å²) in [4.78, 5) is 11.9. The predicted molar refractivity (Wildman–Crippen MR) is 70.5 cm³/mol.